The van der Waals surface area contributed by atoms with Crippen LogP contribution in [0.5, 0.6) is 0 Å². The highest BCUT2D eigenvalue weighted by Gasteiger charge is 2.53. The Morgan fingerprint density at radius 3 is 2.24 bits per heavy atom. The van der Waals surface area contributed by atoms with Crippen molar-refractivity contribution in [3.8, 4) is 0 Å². The van der Waals surface area contributed by atoms with Crippen molar-refractivity contribution in [1.29, 1.82) is 0 Å². The molecule has 2 aliphatic rings. The first-order chi connectivity index (χ1) is 9.45. The molecule has 0 aromatic rings. The number of rotatable bonds is 3. The minimum atomic E-state index is -4.62. The Labute approximate surface area is 122 Å². The summed E-state index contributed by atoms with van der Waals surface area (Å²) in [6, 6.07) is 0.107. The fraction of sp³-hybridized carbons (Fsp3) is 0.929. The van der Waals surface area contributed by atoms with E-state index in [4.69, 9.17) is 0 Å². The average molecular weight is 308 g/mol. The molecule has 2 unspecified atom stereocenters. The molecule has 0 aromatic heterocycles. The fourth-order valence-electron chi connectivity index (χ4n) is 3.25. The van der Waals surface area contributed by atoms with E-state index in [0.717, 1.165) is 19.8 Å². The lowest BCUT2D eigenvalue weighted by atomic mass is 9.68. The van der Waals surface area contributed by atoms with E-state index in [0.29, 0.717) is 19.0 Å². The van der Waals surface area contributed by atoms with Crippen molar-refractivity contribution in [3.05, 3.63) is 0 Å². The Morgan fingerprint density at radius 2 is 1.86 bits per heavy atom. The number of nitrogens with one attached hydrogen (secondary N) is 1. The number of hydrogen-bond acceptors (Lipinski definition) is 3. The molecule has 0 saturated carbocycles. The number of halogens is 3. The van der Waals surface area contributed by atoms with Crippen molar-refractivity contribution >= 4 is 5.91 Å². The van der Waals surface area contributed by atoms with Gasteiger partial charge in [-0.3, -0.25) is 4.79 Å². The maximum absolute atomic E-state index is 12.7. The number of β-amino-alcohol motifs (C(OH)–C–C–N with tert-alkyl or cyclic N) is 1. The summed E-state index contributed by atoms with van der Waals surface area (Å²) in [5.74, 6) is 0.333. The molecule has 2 atom stereocenters. The second kappa shape index (κ2) is 5.12. The summed E-state index contributed by atoms with van der Waals surface area (Å²) < 4.78 is 38.0. The van der Waals surface area contributed by atoms with E-state index in [1.54, 1.807) is 4.90 Å². The normalized spacial score (nSPS) is 30.4. The van der Waals surface area contributed by atoms with Gasteiger partial charge in [-0.2, -0.15) is 13.2 Å². The van der Waals surface area contributed by atoms with Crippen molar-refractivity contribution in [2.45, 2.75) is 51.4 Å². The predicted molar refractivity (Wildman–Crippen MR) is 71.6 cm³/mol. The van der Waals surface area contributed by atoms with Crippen LogP contribution in [0.1, 0.15) is 33.6 Å². The molecule has 1 amide bonds. The van der Waals surface area contributed by atoms with Crippen LogP contribution in [0.3, 0.4) is 0 Å². The van der Waals surface area contributed by atoms with Crippen LogP contribution in [0.25, 0.3) is 0 Å². The Balaban J connectivity index is 1.86. The Morgan fingerprint density at radius 1 is 1.33 bits per heavy atom. The van der Waals surface area contributed by atoms with E-state index in [-0.39, 0.29) is 17.4 Å². The summed E-state index contributed by atoms with van der Waals surface area (Å²) in [7, 11) is 0. The van der Waals surface area contributed by atoms with Gasteiger partial charge in [0.1, 0.15) is 0 Å². The maximum Gasteiger partial charge on any atom is 0.418 e. The lowest BCUT2D eigenvalue weighted by molar-refractivity contribution is -0.258. The lowest BCUT2D eigenvalue weighted by Crippen LogP contribution is -2.68. The van der Waals surface area contributed by atoms with Crippen LogP contribution in [-0.4, -0.2) is 53.4 Å². The first-order valence-corrected chi connectivity index (χ1v) is 7.27. The third-order valence-corrected chi connectivity index (χ3v) is 4.90. The molecule has 2 aliphatic heterocycles. The molecule has 0 spiro atoms. The second-order valence-electron chi connectivity index (χ2n) is 7.06. The molecule has 7 heteroatoms. The van der Waals surface area contributed by atoms with Crippen LogP contribution in [0.15, 0.2) is 0 Å². The number of piperidine rings is 1. The highest BCUT2D eigenvalue weighted by molar-refractivity contribution is 5.89. The number of alkyl halides is 3. The number of aliphatic hydroxyl groups is 1. The molecule has 2 heterocycles. The zero-order valence-electron chi connectivity index (χ0n) is 12.6. The van der Waals surface area contributed by atoms with E-state index in [9.17, 15) is 23.1 Å². The number of nitrogens with zero attached hydrogens (tertiary/aromatic N) is 1. The quantitative estimate of drug-likeness (QED) is 0.778. The predicted octanol–water partition coefficient (Wildman–Crippen LogP) is 1.54. The van der Waals surface area contributed by atoms with Gasteiger partial charge < -0.3 is 15.3 Å². The molecule has 4 nitrogen and oxygen atoms in total. The first-order valence-electron chi connectivity index (χ1n) is 7.27. The van der Waals surface area contributed by atoms with Gasteiger partial charge >= 0.3 is 6.18 Å². The summed E-state index contributed by atoms with van der Waals surface area (Å²) in [4.78, 5) is 13.1. The molecule has 21 heavy (non-hydrogen) atoms. The third kappa shape index (κ3) is 3.04. The number of carbonyl (C=O) groups is 1. The van der Waals surface area contributed by atoms with Gasteiger partial charge in [-0.25, -0.2) is 0 Å². The Bertz CT molecular complexity index is 413. The van der Waals surface area contributed by atoms with Crippen molar-refractivity contribution < 1.29 is 23.1 Å². The van der Waals surface area contributed by atoms with E-state index in [1.807, 2.05) is 13.8 Å². The van der Waals surface area contributed by atoms with Gasteiger partial charge in [0.05, 0.1) is 5.41 Å². The molecular formula is C14H23F3N2O2. The van der Waals surface area contributed by atoms with Crippen LogP contribution in [0, 0.1) is 11.3 Å². The zero-order valence-corrected chi connectivity index (χ0v) is 12.6. The number of carbonyl (C=O) groups excluding carboxylic acids is 1. The molecule has 2 fully saturated rings. The number of amides is 1. The van der Waals surface area contributed by atoms with Gasteiger partial charge in [0.25, 0.3) is 0 Å². The smallest absolute Gasteiger partial charge is 0.380 e. The lowest BCUT2D eigenvalue weighted by Gasteiger charge is -2.50. The third-order valence-electron chi connectivity index (χ3n) is 4.90. The molecule has 0 aliphatic carbocycles. The fourth-order valence-corrected chi connectivity index (χ4v) is 3.25. The number of β-lactam (4-membered cyclic amide) rings is 1. The summed E-state index contributed by atoms with van der Waals surface area (Å²) in [5, 5.41) is 12.4. The summed E-state index contributed by atoms with van der Waals surface area (Å²) in [5.41, 5.74) is -3.06. The topological polar surface area (TPSA) is 52.6 Å². The molecule has 2 rings (SSSR count). The summed E-state index contributed by atoms with van der Waals surface area (Å²) in [6.45, 7) is 5.24. The van der Waals surface area contributed by atoms with Crippen molar-refractivity contribution in [2.75, 3.05) is 19.6 Å². The highest BCUT2D eigenvalue weighted by Crippen LogP contribution is 2.39. The van der Waals surface area contributed by atoms with Crippen LogP contribution in [0.2, 0.25) is 0 Å². The Hall–Kier alpha value is -0.820. The molecule has 0 radical (unpaired) electrons. The molecule has 0 aromatic carbocycles. The standard InChI is InChI=1S/C14H23F3N2O2/c1-12(2)10(18-11(12)20)9-4-6-19(7-5-9)8-13(3,21)14(15,16)17/h9-10,21H,4-8H2,1-3H3,(H,18,20). The molecule has 2 saturated heterocycles. The van der Waals surface area contributed by atoms with Gasteiger partial charge in [-0.05, 0) is 52.6 Å². The average Bonchev–Trinajstić information content (AvgIpc) is 2.35. The second-order valence-corrected chi connectivity index (χ2v) is 7.06. The number of likely N-dealkylation sites (tertiary alicyclic amines) is 1. The van der Waals surface area contributed by atoms with Crippen LogP contribution < -0.4 is 5.32 Å². The first kappa shape index (κ1) is 16.5. The van der Waals surface area contributed by atoms with Crippen LogP contribution in [0.4, 0.5) is 13.2 Å². The minimum Gasteiger partial charge on any atom is -0.380 e. The zero-order chi connectivity index (χ0) is 16.1. The SMILES string of the molecule is CC1(C)C(=O)NC1C1CCN(CC(C)(O)C(F)(F)F)CC1. The largest absolute Gasteiger partial charge is 0.418 e. The van der Waals surface area contributed by atoms with Crippen molar-refractivity contribution in [2.24, 2.45) is 11.3 Å². The van der Waals surface area contributed by atoms with Crippen molar-refractivity contribution in [1.82, 2.24) is 10.2 Å². The van der Waals surface area contributed by atoms with Crippen LogP contribution >= 0.6 is 0 Å². The van der Waals surface area contributed by atoms with Crippen LogP contribution in [-0.2, 0) is 4.79 Å². The summed E-state index contributed by atoms with van der Waals surface area (Å²) >= 11 is 0. The summed E-state index contributed by atoms with van der Waals surface area (Å²) in [6.07, 6.45) is -3.14. The Kier molecular flexibility index (Phi) is 4.04. The monoisotopic (exact) mass is 308 g/mol. The van der Waals surface area contributed by atoms with Gasteiger partial charge in [0, 0.05) is 12.6 Å². The van der Waals surface area contributed by atoms with Gasteiger partial charge in [-0.15, -0.1) is 0 Å². The van der Waals surface area contributed by atoms with E-state index in [1.165, 1.54) is 0 Å². The van der Waals surface area contributed by atoms with E-state index >= 15 is 0 Å². The number of hydrogen-bond donors (Lipinski definition) is 2. The molecule has 2 N–H and O–H groups in total. The highest BCUT2D eigenvalue weighted by atomic mass is 19.4. The van der Waals surface area contributed by atoms with Gasteiger partial charge in [0.2, 0.25) is 5.91 Å². The molecule has 122 valence electrons. The minimum absolute atomic E-state index is 0.0370. The maximum atomic E-state index is 12.7. The molecular weight excluding hydrogens is 285 g/mol. The van der Waals surface area contributed by atoms with E-state index in [2.05, 4.69) is 5.32 Å². The van der Waals surface area contributed by atoms with Gasteiger partial charge in [0.15, 0.2) is 5.60 Å². The van der Waals surface area contributed by atoms with E-state index < -0.39 is 18.3 Å². The van der Waals surface area contributed by atoms with Crippen molar-refractivity contribution in [3.63, 3.8) is 0 Å². The molecule has 0 bridgehead atoms. The van der Waals surface area contributed by atoms with Gasteiger partial charge in [-0.1, -0.05) is 0 Å².